The summed E-state index contributed by atoms with van der Waals surface area (Å²) < 4.78 is 6.32. The molecule has 0 amide bonds. The number of ether oxygens (including phenoxy) is 1. The number of nitrogens with zero attached hydrogens (tertiary/aromatic N) is 2. The van der Waals surface area contributed by atoms with Crippen molar-refractivity contribution in [3.63, 3.8) is 0 Å². The number of hydrogen-bond donors (Lipinski definition) is 1. The molecule has 300 valence electrons. The van der Waals surface area contributed by atoms with Crippen LogP contribution in [0.5, 0.6) is 0 Å². The summed E-state index contributed by atoms with van der Waals surface area (Å²) in [6, 6.07) is 11.0. The first kappa shape index (κ1) is 39.9. The fraction of sp³-hybridized carbons (Fsp3) is 0.792. The van der Waals surface area contributed by atoms with E-state index in [1.807, 2.05) is 13.8 Å². The number of esters is 1. The summed E-state index contributed by atoms with van der Waals surface area (Å²) in [5.74, 6) is 2.23. The molecule has 1 aliphatic heterocycles. The largest absolute Gasteiger partial charge is 0.481 e. The first-order chi connectivity index (χ1) is 25.4. The topological polar surface area (TPSA) is 70.1 Å². The van der Waals surface area contributed by atoms with Gasteiger partial charge in [0.25, 0.3) is 0 Å². The minimum absolute atomic E-state index is 0.0293. The fourth-order valence-electron chi connectivity index (χ4n) is 15.2. The molecule has 1 N–H and O–H groups in total. The molecule has 6 nitrogen and oxygen atoms in total. The van der Waals surface area contributed by atoms with E-state index in [-0.39, 0.29) is 35.7 Å². The molecule has 6 heteroatoms. The number of carboxylic acid groups (broad SMARTS) is 1. The number of aliphatic carboxylic acids is 1. The van der Waals surface area contributed by atoms with Gasteiger partial charge in [0.15, 0.2) is 0 Å². The van der Waals surface area contributed by atoms with Crippen LogP contribution < -0.4 is 4.90 Å². The van der Waals surface area contributed by atoms with E-state index < -0.39 is 11.4 Å². The minimum Gasteiger partial charge on any atom is -0.481 e. The molecule has 0 radical (unpaired) electrons. The van der Waals surface area contributed by atoms with Crippen LogP contribution in [-0.2, 0) is 14.3 Å². The quantitative estimate of drug-likeness (QED) is 0.190. The maximum absolute atomic E-state index is 13.3. The Morgan fingerprint density at radius 2 is 1.54 bits per heavy atom. The maximum atomic E-state index is 13.3. The van der Waals surface area contributed by atoms with Gasteiger partial charge in [0.1, 0.15) is 6.10 Å². The zero-order valence-corrected chi connectivity index (χ0v) is 35.4. The zero-order valence-electron chi connectivity index (χ0n) is 35.4. The molecule has 6 aliphatic rings. The van der Waals surface area contributed by atoms with E-state index in [2.05, 4.69) is 88.3 Å². The summed E-state index contributed by atoms with van der Waals surface area (Å²) >= 11 is 0. The molecule has 54 heavy (non-hydrogen) atoms. The molecule has 1 aromatic carbocycles. The second-order valence-corrected chi connectivity index (χ2v) is 21.7. The number of allylic oxidation sites excluding steroid dienone is 1. The lowest BCUT2D eigenvalue weighted by molar-refractivity contribution is -0.250. The molecule has 1 saturated heterocycles. The second-order valence-electron chi connectivity index (χ2n) is 21.7. The molecule has 0 aromatic heterocycles. The average molecular weight is 743 g/mol. The van der Waals surface area contributed by atoms with Crippen molar-refractivity contribution < 1.29 is 19.4 Å². The molecule has 5 saturated carbocycles. The lowest BCUT2D eigenvalue weighted by Gasteiger charge is -2.73. The number of hydrogen-bond acceptors (Lipinski definition) is 5. The van der Waals surface area contributed by atoms with E-state index in [9.17, 15) is 14.7 Å². The highest BCUT2D eigenvalue weighted by Crippen LogP contribution is 2.78. The number of fused-ring (bicyclic) bond motifs is 7. The molecule has 5 unspecified atom stereocenters. The smallest absolute Gasteiger partial charge is 0.306 e. The van der Waals surface area contributed by atoms with E-state index in [0.717, 1.165) is 37.8 Å². The number of anilines is 1. The Morgan fingerprint density at radius 1 is 0.833 bits per heavy atom. The zero-order chi connectivity index (χ0) is 38.9. The Morgan fingerprint density at radius 3 is 2.20 bits per heavy atom. The number of piperazine rings is 1. The molecule has 1 heterocycles. The van der Waals surface area contributed by atoms with Gasteiger partial charge in [-0.2, -0.15) is 0 Å². The summed E-state index contributed by atoms with van der Waals surface area (Å²) in [5.41, 5.74) is 3.34. The van der Waals surface area contributed by atoms with Crippen LogP contribution in [0, 0.1) is 62.1 Å². The molecule has 0 bridgehead atoms. The Balaban J connectivity index is 1.06. The van der Waals surface area contributed by atoms with Crippen molar-refractivity contribution in [2.45, 2.75) is 145 Å². The van der Waals surface area contributed by atoms with Gasteiger partial charge in [0, 0.05) is 37.3 Å². The first-order valence-electron chi connectivity index (χ1n) is 21.9. The molecule has 10 atom stereocenters. The number of carboxylic acids is 1. The van der Waals surface area contributed by atoms with Crippen molar-refractivity contribution in [1.82, 2.24) is 4.90 Å². The summed E-state index contributed by atoms with van der Waals surface area (Å²) in [5, 5.41) is 9.38. The van der Waals surface area contributed by atoms with Gasteiger partial charge in [-0.15, -0.1) is 0 Å². The van der Waals surface area contributed by atoms with Crippen LogP contribution in [0.25, 0.3) is 0 Å². The highest BCUT2D eigenvalue weighted by Gasteiger charge is 2.71. The Hall–Kier alpha value is -2.34. The average Bonchev–Trinajstić information content (AvgIpc) is 3.49. The van der Waals surface area contributed by atoms with Gasteiger partial charge in [-0.3, -0.25) is 14.5 Å². The van der Waals surface area contributed by atoms with E-state index >= 15 is 0 Å². The molecule has 6 fully saturated rings. The Kier molecular flexibility index (Phi) is 10.5. The summed E-state index contributed by atoms with van der Waals surface area (Å²) in [6.07, 6.45) is 14.0. The molecule has 7 rings (SSSR count). The van der Waals surface area contributed by atoms with Gasteiger partial charge in [-0.05, 0) is 153 Å². The highest BCUT2D eigenvalue weighted by molar-refractivity contribution is 5.73. The normalized spacial score (nSPS) is 40.5. The SMILES string of the molecule is C=C(C)C1CC[C@]2(CCN3CCN(c4ccccc4)CC3)CC[C@]3(C)[C@H](CCC4[C@@]5(C)CCC(OC(=O)CC(C)(C)CC(=O)O)C(C)(C)C5CC[C@]43C)C12. The number of rotatable bonds is 10. The van der Waals surface area contributed by atoms with Crippen LogP contribution >= 0.6 is 0 Å². The van der Waals surface area contributed by atoms with Gasteiger partial charge in [-0.1, -0.05) is 78.8 Å². The minimum atomic E-state index is -0.865. The monoisotopic (exact) mass is 743 g/mol. The van der Waals surface area contributed by atoms with Gasteiger partial charge in [0.05, 0.1) is 12.8 Å². The molecule has 1 aromatic rings. The predicted molar refractivity (Wildman–Crippen MR) is 219 cm³/mol. The third kappa shape index (κ3) is 6.68. The fourth-order valence-corrected chi connectivity index (χ4v) is 15.2. The number of carbonyl (C=O) groups excluding carboxylic acids is 1. The Bertz CT molecular complexity index is 1560. The van der Waals surface area contributed by atoms with E-state index in [1.165, 1.54) is 88.7 Å². The molecule has 5 aliphatic carbocycles. The summed E-state index contributed by atoms with van der Waals surface area (Å²) in [6.45, 7) is 29.4. The molecule has 0 spiro atoms. The third-order valence-corrected chi connectivity index (χ3v) is 18.1. The lowest BCUT2D eigenvalue weighted by Crippen LogP contribution is -2.66. The molecular weight excluding hydrogens is 669 g/mol. The highest BCUT2D eigenvalue weighted by atomic mass is 16.5. The Labute approximate surface area is 328 Å². The van der Waals surface area contributed by atoms with E-state index in [0.29, 0.717) is 34.0 Å². The lowest BCUT2D eigenvalue weighted by atomic mass is 9.32. The standard InChI is InChI=1S/C48H74N2O4/c1-33(2)35-17-22-48(25-26-49-27-29-50(30-28-49)34-13-11-10-12-14-34)24-23-46(8)36(42(35)48)15-16-38-45(7)20-19-39(44(5,6)37(45)18-21-47(38,46)9)54-41(53)32-43(3,4)31-40(51)52/h10-14,35-39,42H,1,15-32H2,2-9H3,(H,51,52)/t35?,36-,37?,38?,39?,42?,45+,46-,47-,48-/m1/s1. The van der Waals surface area contributed by atoms with Crippen molar-refractivity contribution in [3.05, 3.63) is 42.5 Å². The van der Waals surface area contributed by atoms with Gasteiger partial charge < -0.3 is 14.7 Å². The van der Waals surface area contributed by atoms with Crippen LogP contribution in [0.1, 0.15) is 139 Å². The predicted octanol–water partition coefficient (Wildman–Crippen LogP) is 10.7. The molecular formula is C48H74N2O4. The van der Waals surface area contributed by atoms with Crippen LogP contribution in [0.3, 0.4) is 0 Å². The van der Waals surface area contributed by atoms with Crippen LogP contribution in [-0.4, -0.2) is 60.8 Å². The van der Waals surface area contributed by atoms with E-state index in [4.69, 9.17) is 4.74 Å². The number of carbonyl (C=O) groups is 2. The van der Waals surface area contributed by atoms with Gasteiger partial charge >= 0.3 is 11.9 Å². The summed E-state index contributed by atoms with van der Waals surface area (Å²) in [4.78, 5) is 30.1. The van der Waals surface area contributed by atoms with Crippen LogP contribution in [0.4, 0.5) is 5.69 Å². The second kappa shape index (κ2) is 14.2. The van der Waals surface area contributed by atoms with Crippen molar-refractivity contribution in [3.8, 4) is 0 Å². The maximum Gasteiger partial charge on any atom is 0.306 e. The van der Waals surface area contributed by atoms with Crippen molar-refractivity contribution in [2.24, 2.45) is 62.1 Å². The van der Waals surface area contributed by atoms with Crippen molar-refractivity contribution >= 4 is 17.6 Å². The van der Waals surface area contributed by atoms with Crippen molar-refractivity contribution in [1.29, 1.82) is 0 Å². The number of para-hydroxylation sites is 1. The van der Waals surface area contributed by atoms with Crippen LogP contribution in [0.15, 0.2) is 42.5 Å². The van der Waals surface area contributed by atoms with Crippen molar-refractivity contribution in [2.75, 3.05) is 37.6 Å². The van der Waals surface area contributed by atoms with Gasteiger partial charge in [0.2, 0.25) is 0 Å². The first-order valence-corrected chi connectivity index (χ1v) is 21.9. The van der Waals surface area contributed by atoms with Gasteiger partial charge in [-0.25, -0.2) is 0 Å². The third-order valence-electron chi connectivity index (χ3n) is 18.1. The van der Waals surface area contributed by atoms with E-state index in [1.54, 1.807) is 0 Å². The number of benzene rings is 1. The summed E-state index contributed by atoms with van der Waals surface area (Å²) in [7, 11) is 0. The van der Waals surface area contributed by atoms with Crippen LogP contribution in [0.2, 0.25) is 0 Å².